The molecule has 0 unspecified atom stereocenters. The number of carbonyl (C=O) groups is 1. The molecule has 0 radical (unpaired) electrons. The third kappa shape index (κ3) is 4.39. The zero-order valence-electron chi connectivity index (χ0n) is 15.1. The summed E-state index contributed by atoms with van der Waals surface area (Å²) in [5.74, 6) is 2.03. The maximum atomic E-state index is 12.7. The van der Waals surface area contributed by atoms with Crippen molar-refractivity contribution in [2.45, 2.75) is 39.4 Å². The van der Waals surface area contributed by atoms with Gasteiger partial charge >= 0.3 is 0 Å². The first-order valence-corrected chi connectivity index (χ1v) is 8.44. The van der Waals surface area contributed by atoms with Crippen LogP contribution in [0, 0.1) is 6.92 Å². The lowest BCUT2D eigenvalue weighted by atomic mass is 10.2. The predicted octanol–water partition coefficient (Wildman–Crippen LogP) is 3.37. The van der Waals surface area contributed by atoms with Gasteiger partial charge in [-0.2, -0.15) is 0 Å². The number of ether oxygens (including phenoxy) is 2. The number of carbonyl (C=O) groups excluding carboxylic acids is 1. The number of nitrogens with zero attached hydrogens (tertiary/aromatic N) is 2. The van der Waals surface area contributed by atoms with Gasteiger partial charge in [-0.15, -0.1) is 0 Å². The van der Waals surface area contributed by atoms with E-state index in [9.17, 15) is 4.79 Å². The Morgan fingerprint density at radius 3 is 2.68 bits per heavy atom. The minimum atomic E-state index is -0.322. The highest BCUT2D eigenvalue weighted by molar-refractivity contribution is 5.94. The van der Waals surface area contributed by atoms with E-state index < -0.39 is 0 Å². The van der Waals surface area contributed by atoms with Gasteiger partial charge in [-0.25, -0.2) is 4.98 Å². The molecule has 1 saturated heterocycles. The van der Waals surface area contributed by atoms with Crippen molar-refractivity contribution < 1.29 is 18.7 Å². The number of rotatable bonds is 3. The highest BCUT2D eigenvalue weighted by Crippen LogP contribution is 2.25. The molecule has 0 bridgehead atoms. The second-order valence-electron chi connectivity index (χ2n) is 7.16. The average Bonchev–Trinajstić information content (AvgIpc) is 3.00. The molecule has 134 valence electrons. The fourth-order valence-electron chi connectivity index (χ4n) is 2.70. The summed E-state index contributed by atoms with van der Waals surface area (Å²) in [5.41, 5.74) is 0.217. The van der Waals surface area contributed by atoms with Crippen LogP contribution < -0.4 is 4.74 Å². The molecule has 2 aromatic heterocycles. The van der Waals surface area contributed by atoms with Gasteiger partial charge in [-0.1, -0.05) is 0 Å². The number of aromatic nitrogens is 1. The minimum Gasteiger partial charge on any atom is -0.472 e. The molecule has 1 aliphatic heterocycles. The van der Waals surface area contributed by atoms with Crippen molar-refractivity contribution in [1.82, 2.24) is 9.88 Å². The maximum Gasteiger partial charge on any atom is 0.255 e. The molecule has 6 nitrogen and oxygen atoms in total. The normalized spacial score (nSPS) is 18.2. The molecule has 25 heavy (non-hydrogen) atoms. The second-order valence-corrected chi connectivity index (χ2v) is 7.16. The van der Waals surface area contributed by atoms with E-state index in [0.29, 0.717) is 31.1 Å². The molecule has 1 atom stereocenters. The van der Waals surface area contributed by atoms with E-state index in [4.69, 9.17) is 13.9 Å². The number of pyridine rings is 1. The number of hydrogen-bond acceptors (Lipinski definition) is 5. The van der Waals surface area contributed by atoms with Crippen molar-refractivity contribution in [2.24, 2.45) is 0 Å². The van der Waals surface area contributed by atoms with Crippen LogP contribution in [0.25, 0.3) is 0 Å². The number of morpholine rings is 1. The number of aryl methyl sites for hydroxylation is 1. The van der Waals surface area contributed by atoms with E-state index >= 15 is 0 Å². The Hall–Kier alpha value is -2.34. The Balaban J connectivity index is 1.67. The monoisotopic (exact) mass is 344 g/mol. The van der Waals surface area contributed by atoms with E-state index in [1.165, 1.54) is 0 Å². The molecule has 0 aromatic carbocycles. The zero-order chi connectivity index (χ0) is 18.0. The molecule has 0 spiro atoms. The number of furan rings is 1. The van der Waals surface area contributed by atoms with Crippen LogP contribution in [0.5, 0.6) is 5.88 Å². The largest absolute Gasteiger partial charge is 0.472 e. The van der Waals surface area contributed by atoms with E-state index in [1.54, 1.807) is 23.2 Å². The summed E-state index contributed by atoms with van der Waals surface area (Å²) >= 11 is 0. The van der Waals surface area contributed by atoms with Gasteiger partial charge in [0.2, 0.25) is 5.88 Å². The van der Waals surface area contributed by atoms with Crippen molar-refractivity contribution in [3.05, 3.63) is 47.5 Å². The van der Waals surface area contributed by atoms with Gasteiger partial charge in [-0.05, 0) is 45.9 Å². The Bertz CT molecular complexity index is 731. The summed E-state index contributed by atoms with van der Waals surface area (Å²) in [6.07, 6.45) is 1.33. The standard InChI is InChI=1S/C19H24N2O4/c1-13-5-7-15(24-13)16-12-21(9-10-23-16)18(22)14-6-8-17(20-11-14)25-19(2,3)4/h5-8,11,16H,9-10,12H2,1-4H3/t16-/m0/s1. The van der Waals surface area contributed by atoms with Crippen LogP contribution in [0.1, 0.15) is 48.8 Å². The smallest absolute Gasteiger partial charge is 0.255 e. The summed E-state index contributed by atoms with van der Waals surface area (Å²) < 4.78 is 17.1. The molecule has 0 saturated carbocycles. The van der Waals surface area contributed by atoms with Gasteiger partial charge in [0.1, 0.15) is 23.2 Å². The van der Waals surface area contributed by atoms with Gasteiger partial charge < -0.3 is 18.8 Å². The van der Waals surface area contributed by atoms with Gasteiger partial charge in [0, 0.05) is 18.8 Å². The molecule has 6 heteroatoms. The lowest BCUT2D eigenvalue weighted by Gasteiger charge is -2.32. The summed E-state index contributed by atoms with van der Waals surface area (Å²) in [6, 6.07) is 7.27. The third-order valence-corrected chi connectivity index (χ3v) is 3.83. The van der Waals surface area contributed by atoms with Crippen LogP contribution in [-0.4, -0.2) is 41.1 Å². The quantitative estimate of drug-likeness (QED) is 0.854. The fourth-order valence-corrected chi connectivity index (χ4v) is 2.70. The van der Waals surface area contributed by atoms with Crippen LogP contribution in [0.15, 0.2) is 34.9 Å². The van der Waals surface area contributed by atoms with Crippen LogP contribution in [0.2, 0.25) is 0 Å². The minimum absolute atomic E-state index is 0.0635. The molecule has 0 aliphatic carbocycles. The number of hydrogen-bond donors (Lipinski definition) is 0. The molecular formula is C19H24N2O4. The molecule has 3 heterocycles. The first-order valence-electron chi connectivity index (χ1n) is 8.44. The molecule has 2 aromatic rings. The van der Waals surface area contributed by atoms with Crippen molar-refractivity contribution >= 4 is 5.91 Å². The van der Waals surface area contributed by atoms with Crippen LogP contribution in [-0.2, 0) is 4.74 Å². The third-order valence-electron chi connectivity index (χ3n) is 3.83. The predicted molar refractivity (Wildman–Crippen MR) is 92.7 cm³/mol. The lowest BCUT2D eigenvalue weighted by Crippen LogP contribution is -2.42. The van der Waals surface area contributed by atoms with Crippen LogP contribution >= 0.6 is 0 Å². The van der Waals surface area contributed by atoms with E-state index in [2.05, 4.69) is 4.98 Å². The molecule has 1 fully saturated rings. The zero-order valence-corrected chi connectivity index (χ0v) is 15.1. The molecule has 1 aliphatic rings. The molecule has 1 amide bonds. The fraction of sp³-hybridized carbons (Fsp3) is 0.474. The maximum absolute atomic E-state index is 12.7. The van der Waals surface area contributed by atoms with Crippen molar-refractivity contribution in [3.63, 3.8) is 0 Å². The van der Waals surface area contributed by atoms with E-state index in [-0.39, 0.29) is 17.6 Å². The summed E-state index contributed by atoms with van der Waals surface area (Å²) in [4.78, 5) is 18.7. The SMILES string of the molecule is Cc1ccc([C@@H]2CN(C(=O)c3ccc(OC(C)(C)C)nc3)CCO2)o1. The van der Waals surface area contributed by atoms with Crippen molar-refractivity contribution in [1.29, 1.82) is 0 Å². The summed E-state index contributed by atoms with van der Waals surface area (Å²) in [5, 5.41) is 0. The Kier molecular flexibility index (Phi) is 4.81. The van der Waals surface area contributed by atoms with Gasteiger partial charge in [0.15, 0.2) is 0 Å². The van der Waals surface area contributed by atoms with Gasteiger partial charge in [0.05, 0.1) is 18.7 Å². The molecule has 3 rings (SSSR count). The van der Waals surface area contributed by atoms with Gasteiger partial charge in [0.25, 0.3) is 5.91 Å². The van der Waals surface area contributed by atoms with Gasteiger partial charge in [-0.3, -0.25) is 4.79 Å². The van der Waals surface area contributed by atoms with Crippen molar-refractivity contribution in [3.8, 4) is 5.88 Å². The highest BCUT2D eigenvalue weighted by atomic mass is 16.5. The van der Waals surface area contributed by atoms with Crippen LogP contribution in [0.3, 0.4) is 0 Å². The first kappa shape index (κ1) is 17.5. The van der Waals surface area contributed by atoms with Crippen molar-refractivity contribution in [2.75, 3.05) is 19.7 Å². The average molecular weight is 344 g/mol. The lowest BCUT2D eigenvalue weighted by molar-refractivity contribution is -0.0324. The Morgan fingerprint density at radius 2 is 2.08 bits per heavy atom. The molecular weight excluding hydrogens is 320 g/mol. The molecule has 0 N–H and O–H groups in total. The topological polar surface area (TPSA) is 64.8 Å². The Morgan fingerprint density at radius 1 is 1.28 bits per heavy atom. The summed E-state index contributed by atoms with van der Waals surface area (Å²) in [7, 11) is 0. The van der Waals surface area contributed by atoms with Crippen LogP contribution in [0.4, 0.5) is 0 Å². The Labute approximate surface area is 147 Å². The highest BCUT2D eigenvalue weighted by Gasteiger charge is 2.28. The van der Waals surface area contributed by atoms with E-state index in [1.807, 2.05) is 39.8 Å². The number of amides is 1. The first-order chi connectivity index (χ1) is 11.8. The van der Waals surface area contributed by atoms with E-state index in [0.717, 1.165) is 11.5 Å². The summed E-state index contributed by atoms with van der Waals surface area (Å²) in [6.45, 7) is 9.26. The second kappa shape index (κ2) is 6.88.